The molecule has 1 atom stereocenters. The fraction of sp³-hybridized carbons (Fsp3) is 0.882. The van der Waals surface area contributed by atoms with Crippen LogP contribution in [0, 0.1) is 0 Å². The second-order valence-corrected chi connectivity index (χ2v) is 7.55. The predicted octanol–water partition coefficient (Wildman–Crippen LogP) is -0.131. The summed E-state index contributed by atoms with van der Waals surface area (Å²) in [6, 6.07) is -0.323. The molecule has 2 amide bonds. The van der Waals surface area contributed by atoms with Gasteiger partial charge >= 0.3 is 0 Å². The summed E-state index contributed by atoms with van der Waals surface area (Å²) in [5, 5.41) is 5.77. The zero-order valence-corrected chi connectivity index (χ0v) is 14.6. The molecule has 0 heterocycles. The molecule has 138 valence electrons. The SMILES string of the molecule is NCC(CNC(=O)C1(N)CCCCC1)NC(=O)C1(N)CCCCC1. The standard InChI is InChI=1S/C17H33N5O2/c18-11-13(22-15(24)17(20)9-5-2-6-10-17)12-21-14(23)16(19)7-3-1-4-8-16/h13H,1-12,18-20H2,(H,21,23)(H,22,24). The highest BCUT2D eigenvalue weighted by Crippen LogP contribution is 2.27. The smallest absolute Gasteiger partial charge is 0.240 e. The molecule has 8 N–H and O–H groups in total. The second-order valence-electron chi connectivity index (χ2n) is 7.55. The normalized spacial score (nSPS) is 24.0. The Hall–Kier alpha value is -1.18. The number of nitrogens with two attached hydrogens (primary N) is 3. The molecule has 0 aliphatic heterocycles. The molecule has 0 aromatic carbocycles. The molecule has 24 heavy (non-hydrogen) atoms. The summed E-state index contributed by atoms with van der Waals surface area (Å²) in [6.45, 7) is 0.537. The lowest BCUT2D eigenvalue weighted by molar-refractivity contribution is -0.130. The molecule has 0 aromatic heterocycles. The molecule has 2 saturated carbocycles. The molecule has 1 unspecified atom stereocenters. The molecule has 0 spiro atoms. The van der Waals surface area contributed by atoms with Gasteiger partial charge in [-0.3, -0.25) is 9.59 Å². The molecule has 7 nitrogen and oxygen atoms in total. The summed E-state index contributed by atoms with van der Waals surface area (Å²) < 4.78 is 0. The van der Waals surface area contributed by atoms with Gasteiger partial charge in [0.25, 0.3) is 0 Å². The van der Waals surface area contributed by atoms with Crippen LogP contribution in [-0.4, -0.2) is 42.0 Å². The van der Waals surface area contributed by atoms with Gasteiger partial charge in [0.05, 0.1) is 17.1 Å². The van der Waals surface area contributed by atoms with E-state index in [1.54, 1.807) is 0 Å². The molecule has 2 aliphatic carbocycles. The molecule has 2 fully saturated rings. The third kappa shape index (κ3) is 4.68. The van der Waals surface area contributed by atoms with Crippen molar-refractivity contribution in [2.24, 2.45) is 17.2 Å². The molecule has 2 rings (SSSR count). The quantitative estimate of drug-likeness (QED) is 0.459. The summed E-state index contributed by atoms with van der Waals surface area (Å²) >= 11 is 0. The van der Waals surface area contributed by atoms with Crippen molar-refractivity contribution in [2.75, 3.05) is 13.1 Å². The van der Waals surface area contributed by atoms with Crippen molar-refractivity contribution >= 4 is 11.8 Å². The lowest BCUT2D eigenvalue weighted by Crippen LogP contribution is -2.61. The van der Waals surface area contributed by atoms with E-state index in [4.69, 9.17) is 17.2 Å². The van der Waals surface area contributed by atoms with Crippen LogP contribution in [-0.2, 0) is 9.59 Å². The number of hydrogen-bond acceptors (Lipinski definition) is 5. The fourth-order valence-corrected chi connectivity index (χ4v) is 3.73. The monoisotopic (exact) mass is 339 g/mol. The van der Waals surface area contributed by atoms with Gasteiger partial charge in [0.15, 0.2) is 0 Å². The highest BCUT2D eigenvalue weighted by molar-refractivity contribution is 5.87. The first-order valence-corrected chi connectivity index (χ1v) is 9.27. The van der Waals surface area contributed by atoms with Gasteiger partial charge in [-0.25, -0.2) is 0 Å². The van der Waals surface area contributed by atoms with E-state index in [1.165, 1.54) is 0 Å². The number of amides is 2. The number of rotatable bonds is 6. The summed E-state index contributed by atoms with van der Waals surface area (Å²) in [5.41, 5.74) is 16.6. The lowest BCUT2D eigenvalue weighted by atomic mass is 9.81. The molecule has 0 aromatic rings. The Bertz CT molecular complexity index is 442. The highest BCUT2D eigenvalue weighted by Gasteiger charge is 2.37. The minimum Gasteiger partial charge on any atom is -0.352 e. The van der Waals surface area contributed by atoms with Crippen LogP contribution in [0.2, 0.25) is 0 Å². The summed E-state index contributed by atoms with van der Waals surface area (Å²) in [6.07, 6.45) is 9.01. The first-order valence-electron chi connectivity index (χ1n) is 9.27. The summed E-state index contributed by atoms with van der Waals surface area (Å²) in [7, 11) is 0. The Morgan fingerprint density at radius 3 is 1.75 bits per heavy atom. The third-order valence-electron chi connectivity index (χ3n) is 5.52. The van der Waals surface area contributed by atoms with Crippen LogP contribution in [0.1, 0.15) is 64.2 Å². The van der Waals surface area contributed by atoms with E-state index < -0.39 is 11.1 Å². The van der Waals surface area contributed by atoms with Crippen molar-refractivity contribution in [1.82, 2.24) is 10.6 Å². The van der Waals surface area contributed by atoms with Crippen molar-refractivity contribution in [3.8, 4) is 0 Å². The third-order valence-corrected chi connectivity index (χ3v) is 5.52. The maximum atomic E-state index is 12.5. The van der Waals surface area contributed by atoms with Gasteiger partial charge in [-0.1, -0.05) is 38.5 Å². The van der Waals surface area contributed by atoms with Gasteiger partial charge < -0.3 is 27.8 Å². The van der Waals surface area contributed by atoms with Gasteiger partial charge in [-0.15, -0.1) is 0 Å². The largest absolute Gasteiger partial charge is 0.352 e. The highest BCUT2D eigenvalue weighted by atomic mass is 16.2. The zero-order chi connectivity index (χ0) is 17.6. The topological polar surface area (TPSA) is 136 Å². The van der Waals surface area contributed by atoms with Crippen molar-refractivity contribution in [1.29, 1.82) is 0 Å². The summed E-state index contributed by atoms with van der Waals surface area (Å²) in [5.74, 6) is -0.304. The van der Waals surface area contributed by atoms with Gasteiger partial charge in [0.1, 0.15) is 0 Å². The van der Waals surface area contributed by atoms with Crippen LogP contribution in [0.4, 0.5) is 0 Å². The minimum atomic E-state index is -0.797. The summed E-state index contributed by atoms with van der Waals surface area (Å²) in [4.78, 5) is 24.8. The Kier molecular flexibility index (Phi) is 6.60. The van der Waals surface area contributed by atoms with Crippen molar-refractivity contribution in [2.45, 2.75) is 81.3 Å². The van der Waals surface area contributed by atoms with Crippen LogP contribution >= 0.6 is 0 Å². The van der Waals surface area contributed by atoms with Crippen LogP contribution in [0.3, 0.4) is 0 Å². The zero-order valence-electron chi connectivity index (χ0n) is 14.6. The van der Waals surface area contributed by atoms with Gasteiger partial charge in [0, 0.05) is 13.1 Å². The van der Waals surface area contributed by atoms with Crippen LogP contribution in [0.5, 0.6) is 0 Å². The van der Waals surface area contributed by atoms with E-state index in [0.29, 0.717) is 25.7 Å². The second kappa shape index (κ2) is 8.27. The Balaban J connectivity index is 1.83. The van der Waals surface area contributed by atoms with Gasteiger partial charge in [-0.2, -0.15) is 0 Å². The molecular formula is C17H33N5O2. The first-order chi connectivity index (χ1) is 11.4. The van der Waals surface area contributed by atoms with Gasteiger partial charge in [0.2, 0.25) is 11.8 Å². The van der Waals surface area contributed by atoms with E-state index in [1.807, 2.05) is 0 Å². The minimum absolute atomic E-state index is 0.143. The molecule has 0 bridgehead atoms. The predicted molar refractivity (Wildman–Crippen MR) is 94.0 cm³/mol. The Morgan fingerprint density at radius 1 is 0.833 bits per heavy atom. The number of carbonyl (C=O) groups excluding carboxylic acids is 2. The van der Waals surface area contributed by atoms with E-state index in [0.717, 1.165) is 38.5 Å². The maximum Gasteiger partial charge on any atom is 0.240 e. The van der Waals surface area contributed by atoms with E-state index >= 15 is 0 Å². The maximum absolute atomic E-state index is 12.5. The molecule has 0 radical (unpaired) electrons. The number of hydrogen-bond donors (Lipinski definition) is 5. The van der Waals surface area contributed by atoms with Crippen molar-refractivity contribution < 1.29 is 9.59 Å². The number of carbonyl (C=O) groups is 2. The van der Waals surface area contributed by atoms with Crippen LogP contribution in [0.25, 0.3) is 0 Å². The first kappa shape index (κ1) is 19.1. The van der Waals surface area contributed by atoms with E-state index in [2.05, 4.69) is 10.6 Å². The molecule has 0 saturated heterocycles. The molecule has 2 aliphatic rings. The fourth-order valence-electron chi connectivity index (χ4n) is 3.73. The van der Waals surface area contributed by atoms with Crippen molar-refractivity contribution in [3.63, 3.8) is 0 Å². The van der Waals surface area contributed by atoms with Crippen molar-refractivity contribution in [3.05, 3.63) is 0 Å². The van der Waals surface area contributed by atoms with E-state index in [9.17, 15) is 9.59 Å². The van der Waals surface area contributed by atoms with Gasteiger partial charge in [-0.05, 0) is 25.7 Å². The van der Waals surface area contributed by atoms with Crippen LogP contribution < -0.4 is 27.8 Å². The Morgan fingerprint density at radius 2 is 1.29 bits per heavy atom. The van der Waals surface area contributed by atoms with Crippen LogP contribution in [0.15, 0.2) is 0 Å². The average Bonchev–Trinajstić information content (AvgIpc) is 2.59. The number of nitrogens with one attached hydrogen (secondary N) is 2. The van der Waals surface area contributed by atoms with E-state index in [-0.39, 0.29) is 30.9 Å². The average molecular weight is 339 g/mol. The Labute approximate surface area is 144 Å². The molecular weight excluding hydrogens is 306 g/mol. The molecule has 7 heteroatoms. The lowest BCUT2D eigenvalue weighted by Gasteiger charge is -2.34.